The first-order valence-electron chi connectivity index (χ1n) is 8.79. The minimum atomic E-state index is -3.43. The average molecular weight is 385 g/mol. The molecule has 1 atom stereocenters. The van der Waals surface area contributed by atoms with Crippen molar-refractivity contribution in [2.45, 2.75) is 25.1 Å². The van der Waals surface area contributed by atoms with E-state index in [0.29, 0.717) is 5.56 Å². The molecule has 0 amide bonds. The smallest absolute Gasteiger partial charge is 0.250 e. The van der Waals surface area contributed by atoms with E-state index in [1.807, 2.05) is 18.2 Å². The molecule has 0 saturated carbocycles. The summed E-state index contributed by atoms with van der Waals surface area (Å²) in [4.78, 5) is 12.0. The number of pyridine rings is 1. The van der Waals surface area contributed by atoms with Gasteiger partial charge in [0.25, 0.3) is 5.56 Å². The van der Waals surface area contributed by atoms with Crippen molar-refractivity contribution in [1.82, 2.24) is 14.3 Å². The fourth-order valence-electron chi connectivity index (χ4n) is 3.22. The summed E-state index contributed by atoms with van der Waals surface area (Å²) in [5.41, 5.74) is 3.22. The zero-order chi connectivity index (χ0) is 19.6. The molecule has 0 aliphatic heterocycles. The Kier molecular flexibility index (Phi) is 5.32. The van der Waals surface area contributed by atoms with Crippen molar-refractivity contribution >= 4 is 9.84 Å². The van der Waals surface area contributed by atoms with E-state index in [0.717, 1.165) is 29.5 Å². The van der Waals surface area contributed by atoms with Crippen molar-refractivity contribution in [3.05, 3.63) is 76.5 Å². The van der Waals surface area contributed by atoms with E-state index in [-0.39, 0.29) is 5.56 Å². The molecule has 3 aromatic rings. The quantitative estimate of drug-likeness (QED) is 0.654. The summed E-state index contributed by atoms with van der Waals surface area (Å²) < 4.78 is 27.9. The lowest BCUT2D eigenvalue weighted by Crippen LogP contribution is -2.20. The van der Waals surface area contributed by atoms with Crippen LogP contribution in [0.1, 0.15) is 29.8 Å². The van der Waals surface area contributed by atoms with Crippen LogP contribution in [-0.2, 0) is 23.3 Å². The van der Waals surface area contributed by atoms with Gasteiger partial charge in [0.1, 0.15) is 0 Å². The van der Waals surface area contributed by atoms with Crippen LogP contribution in [0.3, 0.4) is 0 Å². The summed E-state index contributed by atoms with van der Waals surface area (Å²) in [6.45, 7) is 2.06. The van der Waals surface area contributed by atoms with Crippen LogP contribution in [0.15, 0.2) is 59.8 Å². The summed E-state index contributed by atoms with van der Waals surface area (Å²) in [6, 6.07) is 10.7. The number of hydrogen-bond acceptors (Lipinski definition) is 4. The molecule has 1 unspecified atom stereocenters. The van der Waals surface area contributed by atoms with Crippen LogP contribution in [0.25, 0.3) is 11.1 Å². The summed E-state index contributed by atoms with van der Waals surface area (Å²) >= 11 is 0. The molecule has 0 aliphatic rings. The zero-order valence-corrected chi connectivity index (χ0v) is 16.5. The molecule has 0 aliphatic carbocycles. The average Bonchev–Trinajstić information content (AvgIpc) is 3.07. The molecule has 142 valence electrons. The second kappa shape index (κ2) is 7.52. The second-order valence-electron chi connectivity index (χ2n) is 6.71. The summed E-state index contributed by atoms with van der Waals surface area (Å²) in [7, 11) is -1.73. The highest BCUT2D eigenvalue weighted by atomic mass is 32.2. The highest BCUT2D eigenvalue weighted by Crippen LogP contribution is 2.28. The molecule has 0 radical (unpaired) electrons. The SMILES string of the molecule is CCCc1cc(=O)n(C)cc1-c1cnn(C(c2ccccc2)S(C)(=O)=O)c1. The highest BCUT2D eigenvalue weighted by molar-refractivity contribution is 7.90. The Bertz CT molecular complexity index is 1100. The number of benzene rings is 1. The van der Waals surface area contributed by atoms with Gasteiger partial charge < -0.3 is 4.57 Å². The van der Waals surface area contributed by atoms with Crippen LogP contribution >= 0.6 is 0 Å². The largest absolute Gasteiger partial charge is 0.318 e. The number of sulfone groups is 1. The molecule has 7 heteroatoms. The number of aryl methyl sites for hydroxylation is 2. The predicted octanol–water partition coefficient (Wildman–Crippen LogP) is 2.79. The first-order valence-corrected chi connectivity index (χ1v) is 10.7. The van der Waals surface area contributed by atoms with E-state index in [2.05, 4.69) is 12.0 Å². The Labute approximate surface area is 159 Å². The van der Waals surface area contributed by atoms with Gasteiger partial charge in [0, 0.05) is 42.9 Å². The Balaban J connectivity index is 2.11. The third-order valence-corrected chi connectivity index (χ3v) is 5.78. The van der Waals surface area contributed by atoms with Crippen LogP contribution in [0.5, 0.6) is 0 Å². The third kappa shape index (κ3) is 4.03. The summed E-state index contributed by atoms with van der Waals surface area (Å²) in [5, 5.41) is 3.45. The standard InChI is InChI=1S/C20H23N3O3S/c1-4-8-16-11-19(24)22(2)14-18(16)17-12-21-23(13-17)20(27(3,25)26)15-9-6-5-7-10-15/h5-7,9-14,20H,4,8H2,1-3H3. The van der Waals surface area contributed by atoms with E-state index in [9.17, 15) is 13.2 Å². The molecular weight excluding hydrogens is 362 g/mol. The molecule has 1 aromatic carbocycles. The minimum Gasteiger partial charge on any atom is -0.318 e. The van der Waals surface area contributed by atoms with E-state index in [1.54, 1.807) is 43.8 Å². The first kappa shape index (κ1) is 19.1. The van der Waals surface area contributed by atoms with Crippen LogP contribution in [0, 0.1) is 0 Å². The van der Waals surface area contributed by atoms with E-state index >= 15 is 0 Å². The predicted molar refractivity (Wildman–Crippen MR) is 106 cm³/mol. The topological polar surface area (TPSA) is 74.0 Å². The Morgan fingerprint density at radius 2 is 1.85 bits per heavy atom. The van der Waals surface area contributed by atoms with Crippen molar-refractivity contribution in [3.8, 4) is 11.1 Å². The normalized spacial score (nSPS) is 12.9. The van der Waals surface area contributed by atoms with Gasteiger partial charge in [0.05, 0.1) is 6.20 Å². The summed E-state index contributed by atoms with van der Waals surface area (Å²) in [6.07, 6.45) is 8.06. The number of hydrogen-bond donors (Lipinski definition) is 0. The van der Waals surface area contributed by atoms with Crippen molar-refractivity contribution in [1.29, 1.82) is 0 Å². The number of aromatic nitrogens is 3. The van der Waals surface area contributed by atoms with Crippen molar-refractivity contribution in [2.24, 2.45) is 7.05 Å². The van der Waals surface area contributed by atoms with Gasteiger partial charge in [-0.3, -0.25) is 4.79 Å². The first-order chi connectivity index (χ1) is 12.8. The van der Waals surface area contributed by atoms with Gasteiger partial charge in [0.15, 0.2) is 15.2 Å². The van der Waals surface area contributed by atoms with Crippen LogP contribution in [-0.4, -0.2) is 29.0 Å². The van der Waals surface area contributed by atoms with Gasteiger partial charge in [-0.1, -0.05) is 43.7 Å². The number of rotatable bonds is 6. The van der Waals surface area contributed by atoms with Crippen molar-refractivity contribution in [2.75, 3.05) is 6.26 Å². The molecule has 3 rings (SSSR count). The molecule has 0 fully saturated rings. The highest BCUT2D eigenvalue weighted by Gasteiger charge is 2.26. The van der Waals surface area contributed by atoms with E-state index in [1.165, 1.54) is 15.5 Å². The monoisotopic (exact) mass is 385 g/mol. The molecule has 0 saturated heterocycles. The lowest BCUT2D eigenvalue weighted by atomic mass is 10.0. The van der Waals surface area contributed by atoms with Crippen molar-refractivity contribution in [3.63, 3.8) is 0 Å². The molecule has 6 nitrogen and oxygen atoms in total. The van der Waals surface area contributed by atoms with Crippen LogP contribution in [0.4, 0.5) is 0 Å². The van der Waals surface area contributed by atoms with Crippen LogP contribution in [0.2, 0.25) is 0 Å². The summed E-state index contributed by atoms with van der Waals surface area (Å²) in [5.74, 6) is 0. The van der Waals surface area contributed by atoms with Gasteiger partial charge in [-0.25, -0.2) is 13.1 Å². The van der Waals surface area contributed by atoms with Gasteiger partial charge >= 0.3 is 0 Å². The van der Waals surface area contributed by atoms with Gasteiger partial charge in [-0.05, 0) is 17.5 Å². The molecule has 0 spiro atoms. The lowest BCUT2D eigenvalue weighted by Gasteiger charge is -2.16. The van der Waals surface area contributed by atoms with Gasteiger partial charge in [0.2, 0.25) is 0 Å². The Morgan fingerprint density at radius 1 is 1.15 bits per heavy atom. The molecular formula is C20H23N3O3S. The van der Waals surface area contributed by atoms with Gasteiger partial charge in [-0.2, -0.15) is 5.10 Å². The molecule has 2 aromatic heterocycles. The molecule has 2 heterocycles. The van der Waals surface area contributed by atoms with E-state index < -0.39 is 15.2 Å². The maximum atomic E-state index is 12.4. The Morgan fingerprint density at radius 3 is 2.48 bits per heavy atom. The second-order valence-corrected chi connectivity index (χ2v) is 8.82. The fourth-order valence-corrected chi connectivity index (χ4v) is 4.38. The maximum Gasteiger partial charge on any atom is 0.250 e. The Hall–Kier alpha value is -2.67. The third-order valence-electron chi connectivity index (χ3n) is 4.48. The number of nitrogens with zero attached hydrogens (tertiary/aromatic N) is 3. The molecule has 0 bridgehead atoms. The maximum absolute atomic E-state index is 12.4. The van der Waals surface area contributed by atoms with E-state index in [4.69, 9.17) is 0 Å². The fraction of sp³-hybridized carbons (Fsp3) is 0.300. The zero-order valence-electron chi connectivity index (χ0n) is 15.7. The molecule has 27 heavy (non-hydrogen) atoms. The lowest BCUT2D eigenvalue weighted by molar-refractivity contribution is 0.557. The van der Waals surface area contributed by atoms with Crippen LogP contribution < -0.4 is 5.56 Å². The minimum absolute atomic E-state index is 0.0621. The van der Waals surface area contributed by atoms with Crippen molar-refractivity contribution < 1.29 is 8.42 Å². The molecule has 0 N–H and O–H groups in total. The van der Waals surface area contributed by atoms with Gasteiger partial charge in [-0.15, -0.1) is 0 Å².